The molecule has 1 unspecified atom stereocenters. The van der Waals surface area contributed by atoms with Crippen molar-refractivity contribution in [1.82, 2.24) is 0 Å². The second-order valence-corrected chi connectivity index (χ2v) is 7.01. The predicted molar refractivity (Wildman–Crippen MR) is 58.2 cm³/mol. The maximum Gasteiger partial charge on any atom is 0.267 e. The number of hydrogen-bond acceptors (Lipinski definition) is 8. The Morgan fingerprint density at radius 2 is 1.71 bits per heavy atom. The van der Waals surface area contributed by atoms with Gasteiger partial charge in [-0.2, -0.15) is 16.8 Å². The molecule has 17 heavy (non-hydrogen) atoms. The van der Waals surface area contributed by atoms with Gasteiger partial charge in [0, 0.05) is 17.8 Å². The van der Waals surface area contributed by atoms with Gasteiger partial charge in [-0.25, -0.2) is 5.26 Å². The molecule has 0 fully saturated rings. The highest BCUT2D eigenvalue weighted by Crippen LogP contribution is 2.15. The number of hydrogen-bond donors (Lipinski definition) is 3. The molecule has 0 aromatic heterocycles. The molecule has 0 bridgehead atoms. The second-order valence-electron chi connectivity index (χ2n) is 2.96. The highest BCUT2D eigenvalue weighted by atomic mass is 32.2. The van der Waals surface area contributed by atoms with Gasteiger partial charge >= 0.3 is 0 Å². The van der Waals surface area contributed by atoms with E-state index < -0.39 is 37.7 Å². The molecular formula is C5H12O9S3. The first-order valence-corrected chi connectivity index (χ1v) is 8.20. The Hall–Kier alpha value is 0.0500. The van der Waals surface area contributed by atoms with E-state index in [-0.39, 0.29) is 12.2 Å². The fourth-order valence-corrected chi connectivity index (χ4v) is 3.16. The van der Waals surface area contributed by atoms with E-state index in [9.17, 15) is 16.8 Å². The Balaban J connectivity index is 4.27. The average Bonchev–Trinajstić information content (AvgIpc) is 2.13. The monoisotopic (exact) mass is 312 g/mol. The van der Waals surface area contributed by atoms with Crippen LogP contribution >= 0.6 is 12.0 Å². The van der Waals surface area contributed by atoms with Gasteiger partial charge < -0.3 is 0 Å². The standard InChI is InChI=1S/C5H12O9S3/c6-13-14-15-3-1-5(17(10,11)12)2-4-16(7,8)9/h5-6H,1-4H2,(H,7,8,9)(H,10,11,12). The average molecular weight is 312 g/mol. The molecule has 9 nitrogen and oxygen atoms in total. The van der Waals surface area contributed by atoms with Crippen LogP contribution in [-0.4, -0.2) is 48.0 Å². The second kappa shape index (κ2) is 7.48. The van der Waals surface area contributed by atoms with Crippen LogP contribution < -0.4 is 0 Å². The van der Waals surface area contributed by atoms with Crippen molar-refractivity contribution < 1.29 is 40.6 Å². The summed E-state index contributed by atoms with van der Waals surface area (Å²) < 4.78 is 63.8. The molecule has 0 aromatic carbocycles. The third-order valence-electron chi connectivity index (χ3n) is 1.72. The summed E-state index contributed by atoms with van der Waals surface area (Å²) in [5.41, 5.74) is 0. The van der Waals surface area contributed by atoms with Gasteiger partial charge in [0.05, 0.1) is 11.0 Å². The lowest BCUT2D eigenvalue weighted by molar-refractivity contribution is -0.432. The first kappa shape index (κ1) is 17.1. The predicted octanol–water partition coefficient (Wildman–Crippen LogP) is -0.0198. The van der Waals surface area contributed by atoms with Crippen molar-refractivity contribution in [1.29, 1.82) is 0 Å². The normalized spacial score (nSPS) is 14.8. The van der Waals surface area contributed by atoms with Crippen LogP contribution in [0, 0.1) is 0 Å². The van der Waals surface area contributed by atoms with E-state index in [1.807, 2.05) is 0 Å². The molecule has 0 aliphatic heterocycles. The van der Waals surface area contributed by atoms with E-state index in [0.29, 0.717) is 12.0 Å². The van der Waals surface area contributed by atoms with Gasteiger partial charge in [-0.3, -0.25) is 9.11 Å². The van der Waals surface area contributed by atoms with Crippen LogP contribution in [0.3, 0.4) is 0 Å². The van der Waals surface area contributed by atoms with Crippen molar-refractivity contribution in [2.45, 2.75) is 18.1 Å². The molecule has 1 atom stereocenters. The molecule has 0 saturated carbocycles. The topological polar surface area (TPSA) is 147 Å². The summed E-state index contributed by atoms with van der Waals surface area (Å²) in [5.74, 6) is -0.754. The molecule has 104 valence electrons. The van der Waals surface area contributed by atoms with Crippen molar-refractivity contribution in [2.24, 2.45) is 0 Å². The highest BCUT2D eigenvalue weighted by molar-refractivity contribution is 7.94. The molecule has 0 rings (SSSR count). The zero-order valence-electron chi connectivity index (χ0n) is 8.42. The van der Waals surface area contributed by atoms with Gasteiger partial charge in [-0.05, 0) is 12.8 Å². The minimum Gasteiger partial charge on any atom is -0.286 e. The molecule has 0 spiro atoms. The van der Waals surface area contributed by atoms with Crippen molar-refractivity contribution in [3.63, 3.8) is 0 Å². The smallest absolute Gasteiger partial charge is 0.267 e. The molecule has 3 N–H and O–H groups in total. The van der Waals surface area contributed by atoms with Gasteiger partial charge in [0.1, 0.15) is 0 Å². The summed E-state index contributed by atoms with van der Waals surface area (Å²) in [6.07, 6.45) is -0.583. The van der Waals surface area contributed by atoms with E-state index in [2.05, 4.69) is 9.37 Å². The van der Waals surface area contributed by atoms with Gasteiger partial charge in [-0.15, -0.1) is 4.33 Å². The van der Waals surface area contributed by atoms with E-state index >= 15 is 0 Å². The summed E-state index contributed by atoms with van der Waals surface area (Å²) in [6.45, 7) is 0. The fraction of sp³-hybridized carbons (Fsp3) is 1.00. The maximum absolute atomic E-state index is 10.9. The van der Waals surface area contributed by atoms with Crippen LogP contribution in [0.4, 0.5) is 0 Å². The van der Waals surface area contributed by atoms with E-state index in [0.717, 1.165) is 0 Å². The van der Waals surface area contributed by atoms with Gasteiger partial charge in [-0.1, -0.05) is 5.04 Å². The van der Waals surface area contributed by atoms with Crippen LogP contribution in [0.2, 0.25) is 0 Å². The number of rotatable bonds is 9. The van der Waals surface area contributed by atoms with E-state index in [1.165, 1.54) is 0 Å². The molecule has 0 radical (unpaired) electrons. The van der Waals surface area contributed by atoms with Crippen molar-refractivity contribution in [3.05, 3.63) is 0 Å². The molecule has 0 aliphatic rings. The Kier molecular flexibility index (Phi) is 7.50. The Morgan fingerprint density at radius 3 is 2.12 bits per heavy atom. The summed E-state index contributed by atoms with van der Waals surface area (Å²) in [5, 5.41) is 9.67. The molecule has 12 heteroatoms. The van der Waals surface area contributed by atoms with Crippen molar-refractivity contribution in [2.75, 3.05) is 11.5 Å². The highest BCUT2D eigenvalue weighted by Gasteiger charge is 2.24. The lowest BCUT2D eigenvalue weighted by Crippen LogP contribution is -2.24. The summed E-state index contributed by atoms with van der Waals surface area (Å²) >= 11 is 0.571. The lowest BCUT2D eigenvalue weighted by atomic mass is 10.3. The quantitative estimate of drug-likeness (QED) is 0.174. The zero-order chi connectivity index (χ0) is 13.5. The molecule has 0 saturated heterocycles. The summed E-state index contributed by atoms with van der Waals surface area (Å²) in [4.78, 5) is 0. The zero-order valence-corrected chi connectivity index (χ0v) is 10.9. The Labute approximate surface area is 103 Å². The Morgan fingerprint density at radius 1 is 1.12 bits per heavy atom. The maximum atomic E-state index is 10.9. The summed E-state index contributed by atoms with van der Waals surface area (Å²) in [7, 11) is -8.72. The van der Waals surface area contributed by atoms with Crippen LogP contribution in [0.5, 0.6) is 0 Å². The van der Waals surface area contributed by atoms with Gasteiger partial charge in [0.15, 0.2) is 0 Å². The largest absolute Gasteiger partial charge is 0.286 e. The van der Waals surface area contributed by atoms with Crippen molar-refractivity contribution >= 4 is 32.3 Å². The molecule has 0 aromatic rings. The lowest BCUT2D eigenvalue weighted by Gasteiger charge is -2.11. The van der Waals surface area contributed by atoms with Gasteiger partial charge in [0.2, 0.25) is 0 Å². The van der Waals surface area contributed by atoms with Crippen LogP contribution in [0.25, 0.3) is 0 Å². The third kappa shape index (κ3) is 9.72. The minimum atomic E-state index is -4.42. The van der Waals surface area contributed by atoms with Crippen molar-refractivity contribution in [3.8, 4) is 0 Å². The fourth-order valence-electron chi connectivity index (χ4n) is 0.958. The van der Waals surface area contributed by atoms with E-state index in [4.69, 9.17) is 14.4 Å². The molecule has 0 aliphatic carbocycles. The van der Waals surface area contributed by atoms with Crippen LogP contribution in [0.15, 0.2) is 0 Å². The summed E-state index contributed by atoms with van der Waals surface area (Å²) in [6, 6.07) is 0. The van der Waals surface area contributed by atoms with E-state index in [1.54, 1.807) is 0 Å². The SMILES string of the molecule is O=S(=O)(O)CCC(CCSOOO)S(=O)(=O)O. The van der Waals surface area contributed by atoms with Crippen LogP contribution in [0.1, 0.15) is 12.8 Å². The molecule has 0 amide bonds. The Bertz CT molecular complexity index is 398. The van der Waals surface area contributed by atoms with Crippen LogP contribution in [-0.2, 0) is 29.6 Å². The third-order valence-corrected chi connectivity index (χ3v) is 4.35. The molecular weight excluding hydrogens is 300 g/mol. The minimum absolute atomic E-state index is 0.0243. The molecule has 0 heterocycles. The first-order chi connectivity index (χ1) is 7.67. The first-order valence-electron chi connectivity index (χ1n) is 4.18. The van der Waals surface area contributed by atoms with Gasteiger partial charge in [0.25, 0.3) is 20.2 Å².